The smallest absolute Gasteiger partial charge is 0.132 e. The second kappa shape index (κ2) is 9.65. The van der Waals surface area contributed by atoms with E-state index < -0.39 is 16.1 Å². The zero-order valence-corrected chi connectivity index (χ0v) is 21.8. The van der Waals surface area contributed by atoms with E-state index in [1.54, 1.807) is 18.2 Å². The number of ether oxygens (including phenoxy) is 1. The van der Waals surface area contributed by atoms with Gasteiger partial charge in [0.05, 0.1) is 16.9 Å². The fourth-order valence-corrected chi connectivity index (χ4v) is 6.58. The first-order valence-electron chi connectivity index (χ1n) is 12.4. The fourth-order valence-electron chi connectivity index (χ4n) is 5.34. The van der Waals surface area contributed by atoms with Crippen LogP contribution in [0.25, 0.3) is 6.08 Å². The molecular weight excluding hydrogens is 492 g/mol. The Morgan fingerprint density at radius 1 is 0.763 bits per heavy atom. The van der Waals surface area contributed by atoms with Crippen molar-refractivity contribution in [2.24, 2.45) is 0 Å². The molecule has 0 saturated carbocycles. The maximum absolute atomic E-state index is 10.3. The molecule has 0 amide bonds. The van der Waals surface area contributed by atoms with E-state index in [4.69, 9.17) is 9.72 Å². The molecule has 0 saturated heterocycles. The standard InChI is InChI=1S/C32H28N2O3S/c1-24-29(22-37-30-18-11-19-31-28(30)20-21-38(31,35)36)33-23-34(24)32(25-12-5-2-6-13-25,26-14-7-3-8-15-26)27-16-9-4-10-17-27/h2-21,23,35-36H,22H2,1H3. The van der Waals surface area contributed by atoms with Crippen LogP contribution in [-0.4, -0.2) is 18.7 Å². The Morgan fingerprint density at radius 2 is 1.32 bits per heavy atom. The maximum Gasteiger partial charge on any atom is 0.132 e. The molecule has 5 aromatic rings. The molecule has 1 aliphatic heterocycles. The van der Waals surface area contributed by atoms with E-state index in [-0.39, 0.29) is 6.61 Å². The Labute approximate surface area is 224 Å². The third-order valence-corrected chi connectivity index (χ3v) is 8.70. The zero-order valence-electron chi connectivity index (χ0n) is 20.9. The molecule has 2 heterocycles. The van der Waals surface area contributed by atoms with Gasteiger partial charge in [-0.05, 0) is 41.8 Å². The highest BCUT2D eigenvalue weighted by Gasteiger charge is 2.39. The van der Waals surface area contributed by atoms with Crippen molar-refractivity contribution >= 4 is 16.7 Å². The first-order valence-corrected chi connectivity index (χ1v) is 14.0. The molecule has 5 nitrogen and oxygen atoms in total. The van der Waals surface area contributed by atoms with E-state index in [9.17, 15) is 9.11 Å². The van der Waals surface area contributed by atoms with E-state index in [1.165, 1.54) is 5.41 Å². The number of imidazole rings is 1. The first kappa shape index (κ1) is 24.2. The second-order valence-electron chi connectivity index (χ2n) is 9.31. The van der Waals surface area contributed by atoms with Crippen LogP contribution in [0.2, 0.25) is 0 Å². The van der Waals surface area contributed by atoms with E-state index in [2.05, 4.69) is 84.3 Å². The lowest BCUT2D eigenvalue weighted by atomic mass is 9.76. The first-order chi connectivity index (χ1) is 18.5. The van der Waals surface area contributed by atoms with Crippen LogP contribution in [0.15, 0.2) is 126 Å². The largest absolute Gasteiger partial charge is 0.487 e. The Kier molecular flexibility index (Phi) is 6.16. The summed E-state index contributed by atoms with van der Waals surface area (Å²) in [5.74, 6) is 0.602. The zero-order chi connectivity index (χ0) is 26.2. The van der Waals surface area contributed by atoms with Crippen LogP contribution in [0.5, 0.6) is 5.75 Å². The molecule has 38 heavy (non-hydrogen) atoms. The van der Waals surface area contributed by atoms with Crippen molar-refractivity contribution in [3.8, 4) is 5.75 Å². The van der Waals surface area contributed by atoms with Gasteiger partial charge in [-0.15, -0.1) is 10.6 Å². The molecule has 0 bridgehead atoms. The average Bonchev–Trinajstić information content (AvgIpc) is 3.49. The lowest BCUT2D eigenvalue weighted by Gasteiger charge is -2.38. The predicted octanol–water partition coefficient (Wildman–Crippen LogP) is 7.70. The van der Waals surface area contributed by atoms with E-state index in [1.807, 2.05) is 30.6 Å². The van der Waals surface area contributed by atoms with Crippen LogP contribution >= 0.6 is 10.6 Å². The third kappa shape index (κ3) is 3.94. The minimum atomic E-state index is -2.91. The van der Waals surface area contributed by atoms with Gasteiger partial charge in [0, 0.05) is 16.7 Å². The summed E-state index contributed by atoms with van der Waals surface area (Å²) in [4.78, 5) is 5.32. The van der Waals surface area contributed by atoms with E-state index in [0.29, 0.717) is 16.2 Å². The van der Waals surface area contributed by atoms with Crippen LogP contribution in [0.1, 0.15) is 33.6 Å². The topological polar surface area (TPSA) is 67.5 Å². The number of aromatic nitrogens is 2. The van der Waals surface area contributed by atoms with Crippen molar-refractivity contribution in [3.05, 3.63) is 155 Å². The minimum Gasteiger partial charge on any atom is -0.487 e. The van der Waals surface area contributed by atoms with Gasteiger partial charge in [0.1, 0.15) is 17.9 Å². The number of hydrogen-bond acceptors (Lipinski definition) is 4. The molecule has 0 unspecified atom stereocenters. The summed E-state index contributed by atoms with van der Waals surface area (Å²) in [6.07, 6.45) is 3.61. The van der Waals surface area contributed by atoms with Gasteiger partial charge in [-0.2, -0.15) is 0 Å². The predicted molar refractivity (Wildman–Crippen MR) is 152 cm³/mol. The van der Waals surface area contributed by atoms with Gasteiger partial charge in [0.2, 0.25) is 0 Å². The van der Waals surface area contributed by atoms with Crippen LogP contribution in [0, 0.1) is 6.92 Å². The average molecular weight is 521 g/mol. The van der Waals surface area contributed by atoms with Gasteiger partial charge in [0.15, 0.2) is 0 Å². The van der Waals surface area contributed by atoms with Crippen molar-refractivity contribution in [1.82, 2.24) is 9.55 Å². The highest BCUT2D eigenvalue weighted by molar-refractivity contribution is 8.27. The minimum absolute atomic E-state index is 0.247. The van der Waals surface area contributed by atoms with Crippen LogP contribution in [-0.2, 0) is 12.1 Å². The summed E-state index contributed by atoms with van der Waals surface area (Å²) in [5.41, 5.74) is 5.23. The third-order valence-electron chi connectivity index (χ3n) is 7.18. The van der Waals surface area contributed by atoms with Crippen molar-refractivity contribution in [2.75, 3.05) is 0 Å². The fraction of sp³-hybridized carbons (Fsp3) is 0.0938. The Morgan fingerprint density at radius 3 is 1.87 bits per heavy atom. The molecule has 1 aliphatic rings. The van der Waals surface area contributed by atoms with Crippen LogP contribution in [0.4, 0.5) is 0 Å². The summed E-state index contributed by atoms with van der Waals surface area (Å²) in [7, 11) is -2.91. The lowest BCUT2D eigenvalue weighted by molar-refractivity contribution is 0.299. The molecule has 0 fully saturated rings. The number of benzene rings is 4. The van der Waals surface area contributed by atoms with Crippen LogP contribution in [0.3, 0.4) is 0 Å². The number of nitrogens with zero attached hydrogens (tertiary/aromatic N) is 2. The lowest BCUT2D eigenvalue weighted by Crippen LogP contribution is -2.38. The normalized spacial score (nSPS) is 14.7. The SMILES string of the molecule is Cc1c(COc2cccc3c2C=CS3(O)O)ncn1C(c1ccccc1)(c1ccccc1)c1ccccc1. The summed E-state index contributed by atoms with van der Waals surface area (Å²) < 4.78 is 29.0. The van der Waals surface area contributed by atoms with Gasteiger partial charge >= 0.3 is 0 Å². The number of fused-ring (bicyclic) bond motifs is 1. The van der Waals surface area contributed by atoms with Crippen LogP contribution < -0.4 is 4.74 Å². The molecule has 1 aromatic heterocycles. The molecule has 190 valence electrons. The Bertz CT molecular complexity index is 1500. The Hall–Kier alpha value is -4.10. The molecule has 0 aliphatic carbocycles. The highest BCUT2D eigenvalue weighted by Crippen LogP contribution is 2.57. The van der Waals surface area contributed by atoms with E-state index in [0.717, 1.165) is 28.1 Å². The monoisotopic (exact) mass is 520 g/mol. The van der Waals surface area contributed by atoms with Crippen molar-refractivity contribution in [1.29, 1.82) is 0 Å². The van der Waals surface area contributed by atoms with Gasteiger partial charge < -0.3 is 9.30 Å². The van der Waals surface area contributed by atoms with Gasteiger partial charge in [-0.25, -0.2) is 4.98 Å². The molecule has 0 spiro atoms. The van der Waals surface area contributed by atoms with Crippen molar-refractivity contribution in [2.45, 2.75) is 24.0 Å². The van der Waals surface area contributed by atoms with Gasteiger partial charge in [-0.3, -0.25) is 9.11 Å². The molecule has 4 aromatic carbocycles. The number of hydrogen-bond donors (Lipinski definition) is 2. The van der Waals surface area contributed by atoms with Gasteiger partial charge in [-0.1, -0.05) is 97.1 Å². The highest BCUT2D eigenvalue weighted by atomic mass is 32.3. The summed E-state index contributed by atoms with van der Waals surface area (Å²) in [6.45, 7) is 2.32. The molecule has 0 atom stereocenters. The molecule has 0 radical (unpaired) electrons. The molecule has 6 heteroatoms. The summed E-state index contributed by atoms with van der Waals surface area (Å²) >= 11 is 0. The molecule has 2 N–H and O–H groups in total. The molecule has 6 rings (SSSR count). The summed E-state index contributed by atoms with van der Waals surface area (Å²) in [5, 5.41) is 1.44. The van der Waals surface area contributed by atoms with Crippen molar-refractivity contribution in [3.63, 3.8) is 0 Å². The van der Waals surface area contributed by atoms with Crippen molar-refractivity contribution < 1.29 is 13.8 Å². The maximum atomic E-state index is 10.3. The van der Waals surface area contributed by atoms with E-state index >= 15 is 0 Å². The molecular formula is C32H28N2O3S. The Balaban J connectivity index is 1.46. The second-order valence-corrected chi connectivity index (χ2v) is 11.2. The number of rotatable bonds is 7. The summed E-state index contributed by atoms with van der Waals surface area (Å²) in [6, 6.07) is 36.8. The quantitative estimate of drug-likeness (QED) is 0.216. The van der Waals surface area contributed by atoms with Gasteiger partial charge in [0.25, 0.3) is 0 Å².